The van der Waals surface area contributed by atoms with E-state index in [4.69, 9.17) is 11.4 Å². The Morgan fingerprint density at radius 2 is 2.33 bits per heavy atom. The van der Waals surface area contributed by atoms with E-state index >= 15 is 0 Å². The van der Waals surface area contributed by atoms with E-state index < -0.39 is 0 Å². The monoisotopic (exact) mass is 317 g/mol. The molecule has 1 aliphatic heterocycles. The molecule has 0 amide bonds. The van der Waals surface area contributed by atoms with Gasteiger partial charge >= 0.3 is 0 Å². The van der Waals surface area contributed by atoms with E-state index in [0.717, 1.165) is 53.5 Å². The normalized spacial score (nSPS) is 17.1. The molecule has 0 spiro atoms. The number of aromatic nitrogens is 3. The van der Waals surface area contributed by atoms with Gasteiger partial charge in [0.2, 0.25) is 0 Å². The molecule has 0 bridgehead atoms. The van der Waals surface area contributed by atoms with Crippen molar-refractivity contribution in [1.82, 2.24) is 19.7 Å². The van der Waals surface area contributed by atoms with E-state index in [0.29, 0.717) is 6.04 Å². The van der Waals surface area contributed by atoms with Gasteiger partial charge in [-0.3, -0.25) is 4.40 Å². The summed E-state index contributed by atoms with van der Waals surface area (Å²) >= 11 is 0. The molecule has 5 nitrogen and oxygen atoms in total. The highest BCUT2D eigenvalue weighted by atomic mass is 15.1. The van der Waals surface area contributed by atoms with Crippen LogP contribution in [-0.2, 0) is 0 Å². The molecule has 3 aromatic rings. The molecule has 1 atom stereocenters. The molecule has 0 aliphatic carbocycles. The van der Waals surface area contributed by atoms with Crippen LogP contribution >= 0.6 is 0 Å². The lowest BCUT2D eigenvalue weighted by Crippen LogP contribution is -2.22. The zero-order valence-corrected chi connectivity index (χ0v) is 13.6. The van der Waals surface area contributed by atoms with Gasteiger partial charge in [0.05, 0.1) is 17.6 Å². The average Bonchev–Trinajstić information content (AvgIpc) is 3.23. The minimum atomic E-state index is 0.436. The predicted molar refractivity (Wildman–Crippen MR) is 96.0 cm³/mol. The second-order valence-corrected chi connectivity index (χ2v) is 6.13. The summed E-state index contributed by atoms with van der Waals surface area (Å²) in [7, 11) is 0. The van der Waals surface area contributed by atoms with Crippen LogP contribution in [0.3, 0.4) is 0 Å². The fourth-order valence-electron chi connectivity index (χ4n) is 3.11. The SMILES string of the molecule is C#Cc1cn2c(-c3cccc(NC4CCNC4)n3)cnc2cc1C. The van der Waals surface area contributed by atoms with Crippen LogP contribution in [0.2, 0.25) is 0 Å². The number of rotatable bonds is 3. The van der Waals surface area contributed by atoms with Crippen LogP contribution < -0.4 is 10.6 Å². The number of anilines is 1. The van der Waals surface area contributed by atoms with Crippen molar-refractivity contribution in [2.45, 2.75) is 19.4 Å². The second kappa shape index (κ2) is 5.99. The summed E-state index contributed by atoms with van der Waals surface area (Å²) in [4.78, 5) is 9.24. The lowest BCUT2D eigenvalue weighted by molar-refractivity contribution is 0.788. The smallest absolute Gasteiger partial charge is 0.137 e. The topological polar surface area (TPSA) is 54.2 Å². The van der Waals surface area contributed by atoms with Crippen molar-refractivity contribution in [2.75, 3.05) is 18.4 Å². The molecule has 3 aromatic heterocycles. The van der Waals surface area contributed by atoms with Crippen LogP contribution in [0.15, 0.2) is 36.7 Å². The van der Waals surface area contributed by atoms with Crippen molar-refractivity contribution >= 4 is 11.5 Å². The van der Waals surface area contributed by atoms with Crippen LogP contribution in [0.1, 0.15) is 17.5 Å². The summed E-state index contributed by atoms with van der Waals surface area (Å²) in [5, 5.41) is 6.84. The minimum Gasteiger partial charge on any atom is -0.366 e. The minimum absolute atomic E-state index is 0.436. The Morgan fingerprint density at radius 1 is 1.42 bits per heavy atom. The number of hydrogen-bond acceptors (Lipinski definition) is 4. The van der Waals surface area contributed by atoms with Gasteiger partial charge in [0.1, 0.15) is 11.5 Å². The average molecular weight is 317 g/mol. The first-order valence-corrected chi connectivity index (χ1v) is 8.13. The zero-order chi connectivity index (χ0) is 16.5. The molecule has 1 aliphatic rings. The number of imidazole rings is 1. The zero-order valence-electron chi connectivity index (χ0n) is 13.6. The molecule has 1 unspecified atom stereocenters. The van der Waals surface area contributed by atoms with Crippen molar-refractivity contribution in [2.24, 2.45) is 0 Å². The van der Waals surface area contributed by atoms with Gasteiger partial charge in [-0.15, -0.1) is 6.42 Å². The second-order valence-electron chi connectivity index (χ2n) is 6.13. The van der Waals surface area contributed by atoms with Gasteiger partial charge < -0.3 is 10.6 Å². The van der Waals surface area contributed by atoms with Crippen molar-refractivity contribution in [1.29, 1.82) is 0 Å². The number of aryl methyl sites for hydroxylation is 1. The summed E-state index contributed by atoms with van der Waals surface area (Å²) in [6.45, 7) is 4.03. The van der Waals surface area contributed by atoms with E-state index in [1.165, 1.54) is 0 Å². The third-order valence-electron chi connectivity index (χ3n) is 4.43. The number of hydrogen-bond donors (Lipinski definition) is 2. The molecule has 1 saturated heterocycles. The summed E-state index contributed by atoms with van der Waals surface area (Å²) < 4.78 is 2.01. The summed E-state index contributed by atoms with van der Waals surface area (Å²) in [5.41, 5.74) is 4.62. The maximum Gasteiger partial charge on any atom is 0.137 e. The molecule has 4 heterocycles. The first kappa shape index (κ1) is 14.7. The fraction of sp³-hybridized carbons (Fsp3) is 0.263. The van der Waals surface area contributed by atoms with Crippen molar-refractivity contribution in [3.63, 3.8) is 0 Å². The number of nitrogens with one attached hydrogen (secondary N) is 2. The molecule has 0 aromatic carbocycles. The number of pyridine rings is 2. The molecule has 0 radical (unpaired) electrons. The Hall–Kier alpha value is -2.84. The largest absolute Gasteiger partial charge is 0.366 e. The fourth-order valence-corrected chi connectivity index (χ4v) is 3.11. The van der Waals surface area contributed by atoms with Crippen LogP contribution in [0, 0.1) is 19.3 Å². The third kappa shape index (κ3) is 2.61. The van der Waals surface area contributed by atoms with Crippen LogP contribution in [-0.4, -0.2) is 33.5 Å². The van der Waals surface area contributed by atoms with Crippen LogP contribution in [0.5, 0.6) is 0 Å². The highest BCUT2D eigenvalue weighted by Crippen LogP contribution is 2.22. The lowest BCUT2D eigenvalue weighted by Gasteiger charge is -2.12. The van der Waals surface area contributed by atoms with Crippen LogP contribution in [0.4, 0.5) is 5.82 Å². The quantitative estimate of drug-likeness (QED) is 0.729. The van der Waals surface area contributed by atoms with Gasteiger partial charge in [-0.1, -0.05) is 12.0 Å². The molecule has 1 fully saturated rings. The molecular weight excluding hydrogens is 298 g/mol. The highest BCUT2D eigenvalue weighted by molar-refractivity contribution is 5.63. The highest BCUT2D eigenvalue weighted by Gasteiger charge is 2.15. The van der Waals surface area contributed by atoms with Crippen LogP contribution in [0.25, 0.3) is 17.0 Å². The molecule has 4 rings (SSSR count). The molecule has 0 saturated carbocycles. The Balaban J connectivity index is 1.73. The lowest BCUT2D eigenvalue weighted by atomic mass is 10.1. The third-order valence-corrected chi connectivity index (χ3v) is 4.43. The van der Waals surface area contributed by atoms with E-state index in [1.807, 2.05) is 48.0 Å². The number of nitrogens with zero attached hydrogens (tertiary/aromatic N) is 3. The van der Waals surface area contributed by atoms with Gasteiger partial charge in [-0.25, -0.2) is 9.97 Å². The Bertz CT molecular complexity index is 929. The van der Waals surface area contributed by atoms with Gasteiger partial charge in [-0.2, -0.15) is 0 Å². The summed E-state index contributed by atoms with van der Waals surface area (Å²) in [6.07, 6.45) is 10.5. The standard InChI is InChI=1S/C19H19N5/c1-3-14-12-24-17(11-21-19(24)9-13(14)2)16-5-4-6-18(23-16)22-15-7-8-20-10-15/h1,4-6,9,11-12,15,20H,7-8,10H2,2H3,(H,22,23). The maximum atomic E-state index is 5.60. The van der Waals surface area contributed by atoms with E-state index in [1.54, 1.807) is 0 Å². The van der Waals surface area contributed by atoms with Gasteiger partial charge in [0.15, 0.2) is 0 Å². The first-order chi connectivity index (χ1) is 11.7. The molecule has 120 valence electrons. The predicted octanol–water partition coefficient (Wildman–Crippen LogP) is 2.46. The Labute approximate surface area is 141 Å². The van der Waals surface area contributed by atoms with E-state index in [-0.39, 0.29) is 0 Å². The van der Waals surface area contributed by atoms with E-state index in [2.05, 4.69) is 21.5 Å². The number of terminal acetylenes is 1. The molecule has 24 heavy (non-hydrogen) atoms. The first-order valence-electron chi connectivity index (χ1n) is 8.13. The summed E-state index contributed by atoms with van der Waals surface area (Å²) in [5.74, 6) is 3.62. The van der Waals surface area contributed by atoms with Gasteiger partial charge in [0.25, 0.3) is 0 Å². The van der Waals surface area contributed by atoms with Crippen molar-refractivity contribution in [3.05, 3.63) is 47.8 Å². The van der Waals surface area contributed by atoms with Gasteiger partial charge in [0, 0.05) is 24.3 Å². The Morgan fingerprint density at radius 3 is 3.12 bits per heavy atom. The molecule has 5 heteroatoms. The Kier molecular flexibility index (Phi) is 3.68. The molecule has 2 N–H and O–H groups in total. The van der Waals surface area contributed by atoms with E-state index in [9.17, 15) is 0 Å². The van der Waals surface area contributed by atoms with Crippen molar-refractivity contribution < 1.29 is 0 Å². The maximum absolute atomic E-state index is 5.60. The van der Waals surface area contributed by atoms with Crippen molar-refractivity contribution in [3.8, 4) is 23.7 Å². The van der Waals surface area contributed by atoms with Gasteiger partial charge in [-0.05, 0) is 43.7 Å². The molecular formula is C19H19N5. The summed E-state index contributed by atoms with van der Waals surface area (Å²) in [6, 6.07) is 8.46. The number of fused-ring (bicyclic) bond motifs is 1.